The zero-order chi connectivity index (χ0) is 12.2. The van der Waals surface area contributed by atoms with Crippen molar-refractivity contribution in [3.8, 4) is 0 Å². The second-order valence-corrected chi connectivity index (χ2v) is 6.60. The first-order chi connectivity index (χ1) is 7.43. The highest BCUT2D eigenvalue weighted by Gasteiger charge is 2.12. The van der Waals surface area contributed by atoms with E-state index in [0.29, 0.717) is 18.1 Å². The van der Waals surface area contributed by atoms with Crippen LogP contribution >= 0.6 is 0 Å². The molecular weight excluding hydrogens is 218 g/mol. The molecule has 1 unspecified atom stereocenters. The fourth-order valence-corrected chi connectivity index (χ4v) is 2.46. The van der Waals surface area contributed by atoms with Gasteiger partial charge >= 0.3 is 0 Å². The van der Waals surface area contributed by atoms with Crippen molar-refractivity contribution >= 4 is 10.8 Å². The molecule has 3 heteroatoms. The Morgan fingerprint density at radius 1 is 1.19 bits per heavy atom. The average Bonchev–Trinajstić information content (AvgIpc) is 2.17. The molecule has 1 rings (SSSR count). The van der Waals surface area contributed by atoms with Crippen molar-refractivity contribution in [3.63, 3.8) is 0 Å². The summed E-state index contributed by atoms with van der Waals surface area (Å²) in [7, 11) is -0.824. The summed E-state index contributed by atoms with van der Waals surface area (Å²) in [5, 5.41) is 0. The molecule has 0 amide bonds. The van der Waals surface area contributed by atoms with Gasteiger partial charge in [0, 0.05) is 28.9 Å². The van der Waals surface area contributed by atoms with Gasteiger partial charge < -0.3 is 5.73 Å². The Morgan fingerprint density at radius 2 is 1.75 bits per heavy atom. The maximum atomic E-state index is 11.5. The van der Waals surface area contributed by atoms with Crippen LogP contribution < -0.4 is 5.73 Å². The first kappa shape index (κ1) is 13.4. The molecule has 0 saturated carbocycles. The molecule has 0 aliphatic rings. The topological polar surface area (TPSA) is 43.1 Å². The van der Waals surface area contributed by atoms with Crippen LogP contribution in [-0.2, 0) is 22.0 Å². The van der Waals surface area contributed by atoms with Gasteiger partial charge in [0.15, 0.2) is 0 Å². The lowest BCUT2D eigenvalue weighted by Gasteiger charge is -2.19. The van der Waals surface area contributed by atoms with Gasteiger partial charge in [-0.15, -0.1) is 0 Å². The van der Waals surface area contributed by atoms with Crippen LogP contribution in [0.3, 0.4) is 0 Å². The van der Waals surface area contributed by atoms with E-state index in [0.717, 1.165) is 5.56 Å². The number of rotatable bonds is 4. The predicted molar refractivity (Wildman–Crippen MR) is 70.9 cm³/mol. The Bertz CT molecular complexity index is 351. The molecule has 0 radical (unpaired) electrons. The average molecular weight is 239 g/mol. The lowest BCUT2D eigenvalue weighted by Crippen LogP contribution is -2.12. The Kier molecular flexibility index (Phi) is 4.69. The lowest BCUT2D eigenvalue weighted by atomic mass is 9.87. The van der Waals surface area contributed by atoms with E-state index in [4.69, 9.17) is 5.73 Å². The van der Waals surface area contributed by atoms with Crippen molar-refractivity contribution in [1.82, 2.24) is 0 Å². The summed E-state index contributed by atoms with van der Waals surface area (Å²) in [6.45, 7) is 7.06. The van der Waals surface area contributed by atoms with E-state index >= 15 is 0 Å². The third kappa shape index (κ3) is 4.06. The van der Waals surface area contributed by atoms with Crippen LogP contribution in [0.25, 0.3) is 0 Å². The standard InChI is InChI=1S/C13H21NOS/c1-13(2,3)12-6-4-11(5-7-12)10-16(15)9-8-14/h4-7H,8-10,14H2,1-3H3. The SMILES string of the molecule is CC(C)(C)c1ccc(CS(=O)CCN)cc1. The molecule has 2 nitrogen and oxygen atoms in total. The third-order valence-corrected chi connectivity index (χ3v) is 3.84. The molecule has 1 aromatic rings. The minimum Gasteiger partial charge on any atom is -0.330 e. The summed E-state index contributed by atoms with van der Waals surface area (Å²) in [5.41, 5.74) is 7.98. The number of hydrogen-bond acceptors (Lipinski definition) is 2. The summed E-state index contributed by atoms with van der Waals surface area (Å²) in [6, 6.07) is 8.37. The molecule has 0 aromatic heterocycles. The van der Waals surface area contributed by atoms with Crippen molar-refractivity contribution in [2.24, 2.45) is 5.73 Å². The largest absolute Gasteiger partial charge is 0.330 e. The second kappa shape index (κ2) is 5.60. The fourth-order valence-electron chi connectivity index (χ4n) is 1.49. The summed E-state index contributed by atoms with van der Waals surface area (Å²) < 4.78 is 11.5. The zero-order valence-corrected chi connectivity index (χ0v) is 11.1. The van der Waals surface area contributed by atoms with Gasteiger partial charge in [-0.2, -0.15) is 0 Å². The summed E-state index contributed by atoms with van der Waals surface area (Å²) in [6.07, 6.45) is 0. The number of hydrogen-bond donors (Lipinski definition) is 1. The molecule has 0 aliphatic carbocycles. The van der Waals surface area contributed by atoms with E-state index in [2.05, 4.69) is 45.0 Å². The normalized spacial score (nSPS) is 13.8. The maximum Gasteiger partial charge on any atom is 0.0486 e. The maximum absolute atomic E-state index is 11.5. The van der Waals surface area contributed by atoms with Crippen molar-refractivity contribution in [3.05, 3.63) is 35.4 Å². The van der Waals surface area contributed by atoms with E-state index in [1.54, 1.807) is 0 Å². The Balaban J connectivity index is 2.69. The zero-order valence-electron chi connectivity index (χ0n) is 10.3. The van der Waals surface area contributed by atoms with Crippen LogP contribution in [0, 0.1) is 0 Å². The lowest BCUT2D eigenvalue weighted by molar-refractivity contribution is 0.590. The highest BCUT2D eigenvalue weighted by molar-refractivity contribution is 7.84. The molecule has 0 aliphatic heterocycles. The highest BCUT2D eigenvalue weighted by atomic mass is 32.2. The fraction of sp³-hybridized carbons (Fsp3) is 0.538. The third-order valence-electron chi connectivity index (χ3n) is 2.49. The summed E-state index contributed by atoms with van der Waals surface area (Å²) in [5.74, 6) is 1.20. The van der Waals surface area contributed by atoms with Gasteiger partial charge in [-0.25, -0.2) is 0 Å². The van der Waals surface area contributed by atoms with Gasteiger partial charge in [0.1, 0.15) is 0 Å². The van der Waals surface area contributed by atoms with Crippen molar-refractivity contribution in [1.29, 1.82) is 0 Å². The van der Waals surface area contributed by atoms with Gasteiger partial charge in [0.25, 0.3) is 0 Å². The van der Waals surface area contributed by atoms with Gasteiger partial charge in [-0.3, -0.25) is 4.21 Å². The molecule has 16 heavy (non-hydrogen) atoms. The summed E-state index contributed by atoms with van der Waals surface area (Å²) in [4.78, 5) is 0. The van der Waals surface area contributed by atoms with E-state index < -0.39 is 10.8 Å². The molecule has 2 N–H and O–H groups in total. The van der Waals surface area contributed by atoms with Crippen LogP contribution in [0.15, 0.2) is 24.3 Å². The molecule has 1 aromatic carbocycles. The number of nitrogens with two attached hydrogens (primary N) is 1. The first-order valence-corrected chi connectivity index (χ1v) is 7.07. The van der Waals surface area contributed by atoms with Crippen molar-refractivity contribution < 1.29 is 4.21 Å². The molecule has 0 saturated heterocycles. The van der Waals surface area contributed by atoms with Crippen molar-refractivity contribution in [2.45, 2.75) is 31.9 Å². The highest BCUT2D eigenvalue weighted by Crippen LogP contribution is 2.22. The first-order valence-electron chi connectivity index (χ1n) is 5.58. The van der Waals surface area contributed by atoms with Crippen LogP contribution in [0.4, 0.5) is 0 Å². The molecule has 1 atom stereocenters. The van der Waals surface area contributed by atoms with Crippen LogP contribution in [0.5, 0.6) is 0 Å². The molecular formula is C13H21NOS. The van der Waals surface area contributed by atoms with E-state index in [1.165, 1.54) is 5.56 Å². The van der Waals surface area contributed by atoms with Crippen LogP contribution in [0.2, 0.25) is 0 Å². The van der Waals surface area contributed by atoms with E-state index in [1.807, 2.05) is 0 Å². The number of benzene rings is 1. The van der Waals surface area contributed by atoms with Crippen molar-refractivity contribution in [2.75, 3.05) is 12.3 Å². The molecule has 0 fully saturated rings. The molecule has 0 heterocycles. The smallest absolute Gasteiger partial charge is 0.0486 e. The van der Waals surface area contributed by atoms with Crippen LogP contribution in [-0.4, -0.2) is 16.5 Å². The van der Waals surface area contributed by atoms with E-state index in [9.17, 15) is 4.21 Å². The summed E-state index contributed by atoms with van der Waals surface area (Å²) >= 11 is 0. The minimum absolute atomic E-state index is 0.176. The van der Waals surface area contributed by atoms with Gasteiger partial charge in [-0.1, -0.05) is 45.0 Å². The molecule has 0 spiro atoms. The van der Waals surface area contributed by atoms with Crippen LogP contribution in [0.1, 0.15) is 31.9 Å². The quantitative estimate of drug-likeness (QED) is 0.875. The Morgan fingerprint density at radius 3 is 2.19 bits per heavy atom. The van der Waals surface area contributed by atoms with Gasteiger partial charge in [-0.05, 0) is 16.5 Å². The van der Waals surface area contributed by atoms with E-state index in [-0.39, 0.29) is 5.41 Å². The molecule has 0 bridgehead atoms. The molecule has 90 valence electrons. The Hall–Kier alpha value is -0.670. The predicted octanol–water partition coefficient (Wildman–Crippen LogP) is 2.19. The monoisotopic (exact) mass is 239 g/mol. The minimum atomic E-state index is -0.824. The second-order valence-electron chi connectivity index (χ2n) is 5.02. The van der Waals surface area contributed by atoms with Gasteiger partial charge in [0.05, 0.1) is 0 Å². The Labute approximate surface area is 101 Å². The van der Waals surface area contributed by atoms with Gasteiger partial charge in [0.2, 0.25) is 0 Å².